The molecule has 0 saturated heterocycles. The van der Waals surface area contributed by atoms with Crippen LogP contribution in [0.1, 0.15) is 47.0 Å². The van der Waals surface area contributed by atoms with Crippen LogP contribution in [0, 0.1) is 11.7 Å². The molecule has 2 N–H and O–H groups in total. The molecule has 1 unspecified atom stereocenters. The maximum Gasteiger partial charge on any atom is 0.224 e. The molecular formula is C14H25FN4. The summed E-state index contributed by atoms with van der Waals surface area (Å²) < 4.78 is 13.6. The molecule has 1 rings (SSSR count). The van der Waals surface area contributed by atoms with Crippen LogP contribution in [0.2, 0.25) is 0 Å². The predicted molar refractivity (Wildman–Crippen MR) is 77.9 cm³/mol. The van der Waals surface area contributed by atoms with Crippen LogP contribution in [0.5, 0.6) is 0 Å². The van der Waals surface area contributed by atoms with Crippen molar-refractivity contribution in [1.29, 1.82) is 0 Å². The number of anilines is 2. The van der Waals surface area contributed by atoms with E-state index in [0.717, 1.165) is 25.8 Å². The number of hydrogen-bond donors (Lipinski definition) is 2. The maximum absolute atomic E-state index is 13.6. The van der Waals surface area contributed by atoms with E-state index < -0.39 is 5.82 Å². The molecule has 0 saturated carbocycles. The molecular weight excluding hydrogens is 243 g/mol. The minimum Gasteiger partial charge on any atom is -0.365 e. The first-order chi connectivity index (χ1) is 9.02. The van der Waals surface area contributed by atoms with Crippen molar-refractivity contribution < 1.29 is 4.39 Å². The van der Waals surface area contributed by atoms with Crippen molar-refractivity contribution in [2.75, 3.05) is 17.2 Å². The quantitative estimate of drug-likeness (QED) is 0.755. The van der Waals surface area contributed by atoms with Gasteiger partial charge in [-0.25, -0.2) is 9.37 Å². The normalized spacial score (nSPS) is 12.5. The largest absolute Gasteiger partial charge is 0.365 e. The zero-order valence-corrected chi connectivity index (χ0v) is 12.3. The average Bonchev–Trinajstić information content (AvgIpc) is 2.37. The van der Waals surface area contributed by atoms with E-state index in [1.807, 2.05) is 6.92 Å². The van der Waals surface area contributed by atoms with Gasteiger partial charge in [0.1, 0.15) is 0 Å². The Morgan fingerprint density at radius 2 is 2.00 bits per heavy atom. The highest BCUT2D eigenvalue weighted by atomic mass is 19.1. The van der Waals surface area contributed by atoms with Crippen molar-refractivity contribution in [2.45, 2.75) is 53.0 Å². The van der Waals surface area contributed by atoms with Crippen LogP contribution in [-0.4, -0.2) is 22.6 Å². The molecule has 0 spiro atoms. The van der Waals surface area contributed by atoms with Crippen LogP contribution in [-0.2, 0) is 0 Å². The van der Waals surface area contributed by atoms with Gasteiger partial charge >= 0.3 is 0 Å². The highest BCUT2D eigenvalue weighted by molar-refractivity contribution is 5.41. The van der Waals surface area contributed by atoms with E-state index >= 15 is 0 Å². The molecule has 0 fully saturated rings. The van der Waals surface area contributed by atoms with E-state index in [1.165, 1.54) is 6.20 Å². The minimum atomic E-state index is -0.404. The van der Waals surface area contributed by atoms with E-state index in [0.29, 0.717) is 11.9 Å². The molecule has 0 bridgehead atoms. The fourth-order valence-electron chi connectivity index (χ4n) is 1.68. The zero-order valence-electron chi connectivity index (χ0n) is 12.3. The van der Waals surface area contributed by atoms with Crippen LogP contribution >= 0.6 is 0 Å². The van der Waals surface area contributed by atoms with Gasteiger partial charge in [-0.05, 0) is 32.1 Å². The Bertz CT molecular complexity index is 382. The number of halogens is 1. The summed E-state index contributed by atoms with van der Waals surface area (Å²) in [7, 11) is 0. The van der Waals surface area contributed by atoms with Gasteiger partial charge in [-0.15, -0.1) is 0 Å². The van der Waals surface area contributed by atoms with Crippen molar-refractivity contribution in [2.24, 2.45) is 5.92 Å². The molecule has 0 aromatic carbocycles. The molecule has 1 aromatic rings. The summed E-state index contributed by atoms with van der Waals surface area (Å²) in [6, 6.07) is 0.200. The Balaban J connectivity index is 2.60. The second-order valence-electron chi connectivity index (χ2n) is 5.33. The summed E-state index contributed by atoms with van der Waals surface area (Å²) in [5.74, 6) is 1.01. The van der Waals surface area contributed by atoms with Crippen LogP contribution in [0.25, 0.3) is 0 Å². The highest BCUT2D eigenvalue weighted by Gasteiger charge is 2.10. The number of rotatable bonds is 8. The Hall–Kier alpha value is -1.39. The first-order valence-corrected chi connectivity index (χ1v) is 7.05. The van der Waals surface area contributed by atoms with Gasteiger partial charge < -0.3 is 10.6 Å². The van der Waals surface area contributed by atoms with E-state index in [4.69, 9.17) is 0 Å². The minimum absolute atomic E-state index is 0.200. The molecule has 0 aliphatic rings. The molecule has 0 aliphatic carbocycles. The van der Waals surface area contributed by atoms with Crippen LogP contribution in [0.15, 0.2) is 6.20 Å². The molecule has 1 heterocycles. The van der Waals surface area contributed by atoms with E-state index in [9.17, 15) is 4.39 Å². The van der Waals surface area contributed by atoms with Crippen LogP contribution in [0.3, 0.4) is 0 Å². The lowest BCUT2D eigenvalue weighted by Crippen LogP contribution is -2.18. The van der Waals surface area contributed by atoms with Crippen molar-refractivity contribution in [3.8, 4) is 0 Å². The average molecular weight is 268 g/mol. The van der Waals surface area contributed by atoms with Gasteiger partial charge in [0.25, 0.3) is 0 Å². The zero-order chi connectivity index (χ0) is 14.3. The van der Waals surface area contributed by atoms with Gasteiger partial charge in [-0.3, -0.25) is 0 Å². The lowest BCUT2D eigenvalue weighted by Gasteiger charge is -2.16. The number of hydrogen-bond acceptors (Lipinski definition) is 4. The van der Waals surface area contributed by atoms with Crippen molar-refractivity contribution in [1.82, 2.24) is 9.97 Å². The van der Waals surface area contributed by atoms with Crippen LogP contribution < -0.4 is 10.6 Å². The number of nitrogens with one attached hydrogen (secondary N) is 2. The summed E-state index contributed by atoms with van der Waals surface area (Å²) in [6.07, 6.45) is 4.30. The van der Waals surface area contributed by atoms with Gasteiger partial charge in [-0.1, -0.05) is 20.8 Å². The monoisotopic (exact) mass is 268 g/mol. The SMILES string of the molecule is CCCNc1ncc(F)c(NC(C)CCC(C)C)n1. The molecule has 1 aromatic heterocycles. The lowest BCUT2D eigenvalue weighted by molar-refractivity contribution is 0.524. The van der Waals surface area contributed by atoms with Gasteiger partial charge in [0.15, 0.2) is 11.6 Å². The second-order valence-corrected chi connectivity index (χ2v) is 5.33. The Kier molecular flexibility index (Phi) is 6.53. The van der Waals surface area contributed by atoms with Crippen molar-refractivity contribution >= 4 is 11.8 Å². The standard InChI is InChI=1S/C14H25FN4/c1-5-8-16-14-17-9-12(15)13(19-14)18-11(4)7-6-10(2)3/h9-11H,5-8H2,1-4H3,(H2,16,17,18,19). The summed E-state index contributed by atoms with van der Waals surface area (Å²) in [4.78, 5) is 8.09. The van der Waals surface area contributed by atoms with Gasteiger partial charge in [0.05, 0.1) is 6.20 Å². The van der Waals surface area contributed by atoms with Crippen LogP contribution in [0.4, 0.5) is 16.2 Å². The lowest BCUT2D eigenvalue weighted by atomic mass is 10.0. The first kappa shape index (κ1) is 15.7. The van der Waals surface area contributed by atoms with Gasteiger partial charge in [0.2, 0.25) is 5.95 Å². The van der Waals surface area contributed by atoms with E-state index in [-0.39, 0.29) is 11.9 Å². The van der Waals surface area contributed by atoms with Crippen molar-refractivity contribution in [3.63, 3.8) is 0 Å². The second kappa shape index (κ2) is 7.92. The Morgan fingerprint density at radius 3 is 2.63 bits per heavy atom. The third kappa shape index (κ3) is 5.85. The van der Waals surface area contributed by atoms with E-state index in [1.54, 1.807) is 0 Å². The third-order valence-corrected chi connectivity index (χ3v) is 2.84. The number of nitrogens with zero attached hydrogens (tertiary/aromatic N) is 2. The smallest absolute Gasteiger partial charge is 0.224 e. The van der Waals surface area contributed by atoms with Gasteiger partial charge in [-0.2, -0.15) is 4.98 Å². The molecule has 1 atom stereocenters. The Morgan fingerprint density at radius 1 is 1.26 bits per heavy atom. The predicted octanol–water partition coefficient (Wildman–Crippen LogP) is 3.67. The summed E-state index contributed by atoms with van der Waals surface area (Å²) in [5.41, 5.74) is 0. The highest BCUT2D eigenvalue weighted by Crippen LogP contribution is 2.15. The Labute approximate surface area is 115 Å². The molecule has 0 aliphatic heterocycles. The first-order valence-electron chi connectivity index (χ1n) is 7.05. The summed E-state index contributed by atoms with van der Waals surface area (Å²) in [5, 5.41) is 6.17. The topological polar surface area (TPSA) is 49.8 Å². The molecule has 4 nitrogen and oxygen atoms in total. The molecule has 0 amide bonds. The molecule has 5 heteroatoms. The fourth-order valence-corrected chi connectivity index (χ4v) is 1.68. The fraction of sp³-hybridized carbons (Fsp3) is 0.714. The maximum atomic E-state index is 13.6. The summed E-state index contributed by atoms with van der Waals surface area (Å²) >= 11 is 0. The van der Waals surface area contributed by atoms with Crippen molar-refractivity contribution in [3.05, 3.63) is 12.0 Å². The van der Waals surface area contributed by atoms with Gasteiger partial charge in [0, 0.05) is 12.6 Å². The number of aromatic nitrogens is 2. The molecule has 19 heavy (non-hydrogen) atoms. The molecule has 108 valence electrons. The third-order valence-electron chi connectivity index (χ3n) is 2.84. The molecule has 0 radical (unpaired) electrons. The summed E-state index contributed by atoms with van der Waals surface area (Å²) in [6.45, 7) is 9.26. The van der Waals surface area contributed by atoms with E-state index in [2.05, 4.69) is 41.4 Å².